The van der Waals surface area contributed by atoms with Gasteiger partial charge < -0.3 is 5.73 Å². The van der Waals surface area contributed by atoms with Gasteiger partial charge in [-0.25, -0.2) is 9.37 Å². The van der Waals surface area contributed by atoms with Crippen LogP contribution in [0.25, 0.3) is 0 Å². The highest BCUT2D eigenvalue weighted by Crippen LogP contribution is 2.34. The molecule has 0 fully saturated rings. The third-order valence-electron chi connectivity index (χ3n) is 2.37. The number of benzene rings is 1. The topological polar surface area (TPSA) is 38.9 Å². The Morgan fingerprint density at radius 2 is 1.94 bits per heavy atom. The molecule has 1 atom stereocenters. The van der Waals surface area contributed by atoms with Crippen molar-refractivity contribution in [2.75, 3.05) is 6.54 Å². The SMILES string of the molecule is NCC(Sc1ccccn1)c1ccccc1F. The maximum Gasteiger partial charge on any atom is 0.127 e. The Balaban J connectivity index is 2.21. The number of hydrogen-bond donors (Lipinski definition) is 1. The molecule has 0 aliphatic heterocycles. The maximum atomic E-state index is 13.6. The summed E-state index contributed by atoms with van der Waals surface area (Å²) >= 11 is 1.48. The fraction of sp³-hybridized carbons (Fsp3) is 0.154. The first-order valence-corrected chi connectivity index (χ1v) is 6.21. The van der Waals surface area contributed by atoms with Gasteiger partial charge in [-0.3, -0.25) is 0 Å². The van der Waals surface area contributed by atoms with E-state index >= 15 is 0 Å². The van der Waals surface area contributed by atoms with Crippen LogP contribution >= 0.6 is 11.8 Å². The summed E-state index contributed by atoms with van der Waals surface area (Å²) in [6.45, 7) is 0.377. The van der Waals surface area contributed by atoms with Crippen LogP contribution in [0.2, 0.25) is 0 Å². The molecular formula is C13H13FN2S. The van der Waals surface area contributed by atoms with E-state index in [9.17, 15) is 4.39 Å². The lowest BCUT2D eigenvalue weighted by atomic mass is 10.1. The van der Waals surface area contributed by atoms with Gasteiger partial charge in [-0.2, -0.15) is 0 Å². The highest BCUT2D eigenvalue weighted by atomic mass is 32.2. The summed E-state index contributed by atoms with van der Waals surface area (Å²) in [5.74, 6) is -0.216. The standard InChI is InChI=1S/C13H13FN2S/c14-11-6-2-1-5-10(11)12(9-15)17-13-7-3-4-8-16-13/h1-8,12H,9,15H2. The normalized spacial score (nSPS) is 12.4. The van der Waals surface area contributed by atoms with Crippen LogP contribution in [-0.4, -0.2) is 11.5 Å². The van der Waals surface area contributed by atoms with Gasteiger partial charge in [0.05, 0.1) is 10.3 Å². The van der Waals surface area contributed by atoms with Crippen LogP contribution in [0.1, 0.15) is 10.8 Å². The highest BCUT2D eigenvalue weighted by molar-refractivity contribution is 7.99. The lowest BCUT2D eigenvalue weighted by molar-refractivity contribution is 0.608. The Morgan fingerprint density at radius 1 is 1.18 bits per heavy atom. The molecule has 0 bridgehead atoms. The zero-order valence-electron chi connectivity index (χ0n) is 9.21. The minimum absolute atomic E-state index is 0.105. The van der Waals surface area contributed by atoms with E-state index < -0.39 is 0 Å². The maximum absolute atomic E-state index is 13.6. The van der Waals surface area contributed by atoms with Crippen LogP contribution in [0.5, 0.6) is 0 Å². The third-order valence-corrected chi connectivity index (χ3v) is 3.58. The lowest BCUT2D eigenvalue weighted by Gasteiger charge is -2.14. The zero-order valence-corrected chi connectivity index (χ0v) is 10.0. The van der Waals surface area contributed by atoms with Crippen molar-refractivity contribution < 1.29 is 4.39 Å². The summed E-state index contributed by atoms with van der Waals surface area (Å²) in [5, 5.41) is 0.748. The van der Waals surface area contributed by atoms with Crippen molar-refractivity contribution in [3.8, 4) is 0 Å². The van der Waals surface area contributed by atoms with E-state index in [2.05, 4.69) is 4.98 Å². The summed E-state index contributed by atoms with van der Waals surface area (Å²) in [7, 11) is 0. The van der Waals surface area contributed by atoms with Gasteiger partial charge in [0.15, 0.2) is 0 Å². The van der Waals surface area contributed by atoms with E-state index in [0.717, 1.165) is 5.03 Å². The van der Waals surface area contributed by atoms with Gasteiger partial charge in [0.25, 0.3) is 0 Å². The van der Waals surface area contributed by atoms with Gasteiger partial charge in [0.1, 0.15) is 5.82 Å². The molecule has 2 aromatic rings. The zero-order chi connectivity index (χ0) is 12.1. The first kappa shape index (κ1) is 12.1. The molecule has 0 radical (unpaired) electrons. The molecule has 1 heterocycles. The number of nitrogens with two attached hydrogens (primary N) is 1. The van der Waals surface area contributed by atoms with Gasteiger partial charge in [0, 0.05) is 18.3 Å². The third kappa shape index (κ3) is 3.05. The van der Waals surface area contributed by atoms with Gasteiger partial charge in [-0.1, -0.05) is 36.0 Å². The molecule has 0 spiro atoms. The van der Waals surface area contributed by atoms with E-state index in [1.807, 2.05) is 24.3 Å². The van der Waals surface area contributed by atoms with Crippen LogP contribution in [0.4, 0.5) is 4.39 Å². The van der Waals surface area contributed by atoms with Crippen molar-refractivity contribution in [1.29, 1.82) is 0 Å². The summed E-state index contributed by atoms with van der Waals surface area (Å²) in [5.41, 5.74) is 6.34. The Morgan fingerprint density at radius 3 is 2.59 bits per heavy atom. The minimum Gasteiger partial charge on any atom is -0.329 e. The highest BCUT2D eigenvalue weighted by Gasteiger charge is 2.15. The molecule has 88 valence electrons. The van der Waals surface area contributed by atoms with Crippen LogP contribution in [0.3, 0.4) is 0 Å². The average Bonchev–Trinajstić information content (AvgIpc) is 2.38. The van der Waals surface area contributed by atoms with E-state index in [0.29, 0.717) is 12.1 Å². The largest absolute Gasteiger partial charge is 0.329 e. The molecule has 1 aromatic heterocycles. The van der Waals surface area contributed by atoms with Gasteiger partial charge >= 0.3 is 0 Å². The number of hydrogen-bond acceptors (Lipinski definition) is 3. The Bertz CT molecular complexity index is 476. The van der Waals surface area contributed by atoms with Crippen molar-refractivity contribution >= 4 is 11.8 Å². The van der Waals surface area contributed by atoms with Crippen molar-refractivity contribution in [3.63, 3.8) is 0 Å². The first-order chi connectivity index (χ1) is 8.31. The van der Waals surface area contributed by atoms with Crippen LogP contribution in [-0.2, 0) is 0 Å². The number of thioether (sulfide) groups is 1. The summed E-state index contributed by atoms with van der Waals surface area (Å²) in [6.07, 6.45) is 1.72. The second-order valence-electron chi connectivity index (χ2n) is 3.53. The van der Waals surface area contributed by atoms with E-state index in [4.69, 9.17) is 5.73 Å². The molecule has 1 aromatic carbocycles. The summed E-state index contributed by atoms with van der Waals surface area (Å²) in [6, 6.07) is 12.4. The molecule has 0 amide bonds. The van der Waals surface area contributed by atoms with Crippen molar-refractivity contribution in [2.24, 2.45) is 5.73 Å². The number of halogens is 1. The van der Waals surface area contributed by atoms with Crippen molar-refractivity contribution in [1.82, 2.24) is 4.98 Å². The molecular weight excluding hydrogens is 235 g/mol. The molecule has 2 nitrogen and oxygen atoms in total. The fourth-order valence-electron chi connectivity index (χ4n) is 1.54. The lowest BCUT2D eigenvalue weighted by Crippen LogP contribution is -2.11. The molecule has 2 rings (SSSR count). The molecule has 0 aliphatic carbocycles. The van der Waals surface area contributed by atoms with Gasteiger partial charge in [-0.15, -0.1) is 0 Å². The predicted octanol–water partition coefficient (Wildman–Crippen LogP) is 3.01. The Hall–Kier alpha value is -1.39. The van der Waals surface area contributed by atoms with Gasteiger partial charge in [0.2, 0.25) is 0 Å². The number of rotatable bonds is 4. The Labute approximate surface area is 104 Å². The second kappa shape index (κ2) is 5.80. The summed E-state index contributed by atoms with van der Waals surface area (Å²) in [4.78, 5) is 4.21. The first-order valence-electron chi connectivity index (χ1n) is 5.33. The van der Waals surface area contributed by atoms with E-state index in [1.54, 1.807) is 18.3 Å². The van der Waals surface area contributed by atoms with E-state index in [1.165, 1.54) is 17.8 Å². The smallest absolute Gasteiger partial charge is 0.127 e. The van der Waals surface area contributed by atoms with Gasteiger partial charge in [-0.05, 0) is 18.2 Å². The molecule has 0 saturated carbocycles. The Kier molecular flexibility index (Phi) is 4.12. The van der Waals surface area contributed by atoms with Crippen LogP contribution in [0.15, 0.2) is 53.7 Å². The number of aromatic nitrogens is 1. The van der Waals surface area contributed by atoms with E-state index in [-0.39, 0.29) is 11.1 Å². The molecule has 0 saturated heterocycles. The fourth-order valence-corrected chi connectivity index (χ4v) is 2.52. The number of pyridine rings is 1. The summed E-state index contributed by atoms with van der Waals surface area (Å²) < 4.78 is 13.6. The molecule has 17 heavy (non-hydrogen) atoms. The van der Waals surface area contributed by atoms with Crippen molar-refractivity contribution in [3.05, 3.63) is 60.0 Å². The molecule has 4 heteroatoms. The minimum atomic E-state index is -0.216. The monoisotopic (exact) mass is 248 g/mol. The molecule has 1 unspecified atom stereocenters. The molecule has 0 aliphatic rings. The average molecular weight is 248 g/mol. The van der Waals surface area contributed by atoms with Crippen LogP contribution in [0, 0.1) is 5.82 Å². The second-order valence-corrected chi connectivity index (χ2v) is 4.75. The predicted molar refractivity (Wildman–Crippen MR) is 68.3 cm³/mol. The van der Waals surface area contributed by atoms with Crippen LogP contribution < -0.4 is 5.73 Å². The molecule has 2 N–H and O–H groups in total. The quantitative estimate of drug-likeness (QED) is 0.845. The van der Waals surface area contributed by atoms with Crippen molar-refractivity contribution in [2.45, 2.75) is 10.3 Å². The number of nitrogens with zero attached hydrogens (tertiary/aromatic N) is 1.